The fraction of sp³-hybridized carbons (Fsp3) is 0.824. The van der Waals surface area contributed by atoms with Gasteiger partial charge < -0.3 is 4.74 Å². The molecule has 2 nitrogen and oxygen atoms in total. The molecule has 0 aliphatic carbocycles. The summed E-state index contributed by atoms with van der Waals surface area (Å²) in [5.74, 6) is 0.0451. The van der Waals surface area contributed by atoms with E-state index in [1.165, 1.54) is 44.9 Å². The number of allylic oxidation sites excluding steroid dienone is 1. The van der Waals surface area contributed by atoms with E-state index in [0.29, 0.717) is 0 Å². The van der Waals surface area contributed by atoms with E-state index in [9.17, 15) is 4.79 Å². The molecule has 0 spiro atoms. The van der Waals surface area contributed by atoms with Crippen molar-refractivity contribution in [3.63, 3.8) is 0 Å². The summed E-state index contributed by atoms with van der Waals surface area (Å²) in [6.45, 7) is 0. The number of esters is 1. The minimum Gasteiger partial charge on any atom is -0.462 e. The van der Waals surface area contributed by atoms with Crippen molar-refractivity contribution in [2.75, 3.05) is 0 Å². The number of hydrogen-bond acceptors (Lipinski definition) is 2. The fourth-order valence-electron chi connectivity index (χ4n) is 3.14. The van der Waals surface area contributed by atoms with Gasteiger partial charge in [-0.25, -0.2) is 0 Å². The quantitative estimate of drug-likeness (QED) is 0.465. The molecule has 0 aromatic heterocycles. The van der Waals surface area contributed by atoms with Gasteiger partial charge in [0.2, 0.25) is 0 Å². The van der Waals surface area contributed by atoms with Crippen molar-refractivity contribution in [3.8, 4) is 0 Å². The zero-order valence-electron chi connectivity index (χ0n) is 12.1. The van der Waals surface area contributed by atoms with Crippen LogP contribution in [0.1, 0.15) is 77.0 Å². The summed E-state index contributed by atoms with van der Waals surface area (Å²) >= 11 is 0. The molecule has 2 heteroatoms. The highest BCUT2D eigenvalue weighted by atomic mass is 16.5. The maximum Gasteiger partial charge on any atom is 0.313 e. The molecule has 0 aromatic rings. The highest BCUT2D eigenvalue weighted by Crippen LogP contribution is 2.23. The Bertz CT molecular complexity index is 296. The molecular weight excluding hydrogens is 236 g/mol. The van der Waals surface area contributed by atoms with Crippen LogP contribution < -0.4 is 0 Å². The van der Waals surface area contributed by atoms with Crippen molar-refractivity contribution in [2.24, 2.45) is 5.92 Å². The molecule has 0 saturated carbocycles. The fourth-order valence-corrected chi connectivity index (χ4v) is 3.14. The number of carbonyl (C=O) groups is 1. The molecule has 2 bridgehead atoms. The summed E-state index contributed by atoms with van der Waals surface area (Å²) in [6, 6.07) is 0. The second kappa shape index (κ2) is 8.39. The molecule has 19 heavy (non-hydrogen) atoms. The lowest BCUT2D eigenvalue weighted by molar-refractivity contribution is -0.153. The Kier molecular flexibility index (Phi) is 6.46. The van der Waals surface area contributed by atoms with Crippen LogP contribution in [-0.4, -0.2) is 12.1 Å². The molecule has 2 unspecified atom stereocenters. The van der Waals surface area contributed by atoms with Gasteiger partial charge in [-0.05, 0) is 44.9 Å². The predicted molar refractivity (Wildman–Crippen MR) is 77.9 cm³/mol. The number of fused-ring (bicyclic) bond motifs is 3. The van der Waals surface area contributed by atoms with Crippen molar-refractivity contribution in [1.82, 2.24) is 0 Å². The summed E-state index contributed by atoms with van der Waals surface area (Å²) in [5, 5.41) is 0. The molecule has 0 aromatic carbocycles. The largest absolute Gasteiger partial charge is 0.462 e. The summed E-state index contributed by atoms with van der Waals surface area (Å²) in [5.41, 5.74) is 0. The molecular formula is C17H28O2. The Labute approximate surface area is 117 Å². The molecule has 1 fully saturated rings. The molecule has 2 rings (SSSR count). The minimum atomic E-state index is 0.0127. The van der Waals surface area contributed by atoms with Crippen LogP contribution in [0.25, 0.3) is 0 Å². The standard InChI is InChI=1S/C17H28O2/c18-17-15-11-7-3-1-5-9-13-16(19-17)14-10-6-2-4-8-12-15/h7,11,15-16H,1-6,8-10,12-14H2/b11-7+. The first-order valence-electron chi connectivity index (χ1n) is 8.23. The smallest absolute Gasteiger partial charge is 0.313 e. The summed E-state index contributed by atoms with van der Waals surface area (Å²) in [4.78, 5) is 12.3. The zero-order chi connectivity index (χ0) is 13.3. The molecule has 2 aliphatic heterocycles. The Morgan fingerprint density at radius 2 is 1.47 bits per heavy atom. The van der Waals surface area contributed by atoms with E-state index < -0.39 is 0 Å². The van der Waals surface area contributed by atoms with Crippen LogP contribution in [0.2, 0.25) is 0 Å². The van der Waals surface area contributed by atoms with Gasteiger partial charge in [-0.3, -0.25) is 4.79 Å². The van der Waals surface area contributed by atoms with Crippen LogP contribution in [0, 0.1) is 5.92 Å². The van der Waals surface area contributed by atoms with Gasteiger partial charge >= 0.3 is 5.97 Å². The number of carbonyl (C=O) groups excluding carboxylic acids is 1. The summed E-state index contributed by atoms with van der Waals surface area (Å²) in [7, 11) is 0. The molecule has 108 valence electrons. The van der Waals surface area contributed by atoms with Crippen LogP contribution in [0.5, 0.6) is 0 Å². The zero-order valence-corrected chi connectivity index (χ0v) is 12.1. The van der Waals surface area contributed by atoms with Gasteiger partial charge in [-0.1, -0.05) is 44.3 Å². The summed E-state index contributed by atoms with van der Waals surface area (Å²) < 4.78 is 5.79. The van der Waals surface area contributed by atoms with E-state index in [1.807, 2.05) is 0 Å². The predicted octanol–water partition coefficient (Wildman–Crippen LogP) is 4.78. The average molecular weight is 264 g/mol. The SMILES string of the molecule is O=C1OC2CCCCC/C=C/C1CCCCCCC2. The summed E-state index contributed by atoms with van der Waals surface area (Å²) in [6.07, 6.45) is 18.7. The molecule has 2 heterocycles. The molecule has 0 radical (unpaired) electrons. The van der Waals surface area contributed by atoms with E-state index in [2.05, 4.69) is 12.2 Å². The van der Waals surface area contributed by atoms with E-state index >= 15 is 0 Å². The van der Waals surface area contributed by atoms with Crippen molar-refractivity contribution >= 4 is 5.97 Å². The number of rotatable bonds is 0. The Balaban J connectivity index is 2.05. The second-order valence-electron chi connectivity index (χ2n) is 6.08. The highest BCUT2D eigenvalue weighted by Gasteiger charge is 2.22. The Morgan fingerprint density at radius 3 is 2.26 bits per heavy atom. The molecule has 2 aliphatic rings. The third-order valence-electron chi connectivity index (χ3n) is 4.39. The van der Waals surface area contributed by atoms with E-state index in [4.69, 9.17) is 4.74 Å². The normalized spacial score (nSPS) is 32.7. The van der Waals surface area contributed by atoms with Crippen LogP contribution in [0.15, 0.2) is 12.2 Å². The van der Waals surface area contributed by atoms with Gasteiger partial charge in [0.25, 0.3) is 0 Å². The highest BCUT2D eigenvalue weighted by molar-refractivity contribution is 5.74. The van der Waals surface area contributed by atoms with Gasteiger partial charge in [-0.15, -0.1) is 0 Å². The van der Waals surface area contributed by atoms with E-state index in [1.54, 1.807) is 0 Å². The Morgan fingerprint density at radius 1 is 0.842 bits per heavy atom. The van der Waals surface area contributed by atoms with Gasteiger partial charge in [0.15, 0.2) is 0 Å². The topological polar surface area (TPSA) is 26.3 Å². The molecule has 0 N–H and O–H groups in total. The van der Waals surface area contributed by atoms with Gasteiger partial charge in [-0.2, -0.15) is 0 Å². The van der Waals surface area contributed by atoms with Gasteiger partial charge in [0.05, 0.1) is 5.92 Å². The van der Waals surface area contributed by atoms with Crippen molar-refractivity contribution in [3.05, 3.63) is 12.2 Å². The van der Waals surface area contributed by atoms with Crippen LogP contribution in [0.3, 0.4) is 0 Å². The maximum atomic E-state index is 12.3. The maximum absolute atomic E-state index is 12.3. The van der Waals surface area contributed by atoms with Gasteiger partial charge in [0, 0.05) is 0 Å². The van der Waals surface area contributed by atoms with E-state index in [0.717, 1.165) is 32.1 Å². The average Bonchev–Trinajstić information content (AvgIpc) is 2.46. The van der Waals surface area contributed by atoms with E-state index in [-0.39, 0.29) is 18.0 Å². The first-order chi connectivity index (χ1) is 9.36. The monoisotopic (exact) mass is 264 g/mol. The Hall–Kier alpha value is -0.790. The van der Waals surface area contributed by atoms with Gasteiger partial charge in [0.1, 0.15) is 6.10 Å². The lowest BCUT2D eigenvalue weighted by atomic mass is 9.99. The van der Waals surface area contributed by atoms with Crippen molar-refractivity contribution < 1.29 is 9.53 Å². The lowest BCUT2D eigenvalue weighted by Gasteiger charge is -2.19. The first-order valence-corrected chi connectivity index (χ1v) is 8.23. The van der Waals surface area contributed by atoms with Crippen LogP contribution in [-0.2, 0) is 9.53 Å². The lowest BCUT2D eigenvalue weighted by Crippen LogP contribution is -2.23. The third-order valence-corrected chi connectivity index (χ3v) is 4.39. The van der Waals surface area contributed by atoms with Crippen LogP contribution in [0.4, 0.5) is 0 Å². The van der Waals surface area contributed by atoms with Crippen molar-refractivity contribution in [1.29, 1.82) is 0 Å². The molecule has 1 saturated heterocycles. The van der Waals surface area contributed by atoms with Crippen molar-refractivity contribution in [2.45, 2.75) is 83.2 Å². The first kappa shape index (κ1) is 14.6. The molecule has 0 amide bonds. The minimum absolute atomic E-state index is 0.0127. The third kappa shape index (κ3) is 5.38. The number of ether oxygens (including phenoxy) is 1. The molecule has 2 atom stereocenters. The number of hydrogen-bond donors (Lipinski definition) is 0. The van der Waals surface area contributed by atoms with Crippen LogP contribution >= 0.6 is 0 Å². The second-order valence-corrected chi connectivity index (χ2v) is 6.08.